The predicted octanol–water partition coefficient (Wildman–Crippen LogP) is 1.85. The highest BCUT2D eigenvalue weighted by Crippen LogP contribution is 2.12. The number of nitrogens with one attached hydrogen (secondary N) is 1. The standard InChI is InChI=1S/C12H8ClN3O2S/c13-9-2-1-7(5-14-9)6-16-11(17)8-3-4-19-10(8)15-12(16)18/h1-5H,6H2,(H,15,18). The molecular weight excluding hydrogens is 286 g/mol. The minimum atomic E-state index is -0.421. The third-order valence-corrected chi connectivity index (χ3v) is 3.79. The van der Waals surface area contributed by atoms with Crippen molar-refractivity contribution < 1.29 is 0 Å². The van der Waals surface area contributed by atoms with Gasteiger partial charge in [-0.1, -0.05) is 17.7 Å². The second kappa shape index (κ2) is 4.64. The van der Waals surface area contributed by atoms with Crippen molar-refractivity contribution in [3.63, 3.8) is 0 Å². The quantitative estimate of drug-likeness (QED) is 0.733. The van der Waals surface area contributed by atoms with E-state index in [2.05, 4.69) is 9.97 Å². The van der Waals surface area contributed by atoms with Crippen LogP contribution in [0.4, 0.5) is 0 Å². The van der Waals surface area contributed by atoms with Crippen LogP contribution in [0.1, 0.15) is 5.56 Å². The molecule has 1 N–H and O–H groups in total. The van der Waals surface area contributed by atoms with Crippen molar-refractivity contribution in [3.05, 3.63) is 61.3 Å². The van der Waals surface area contributed by atoms with E-state index in [4.69, 9.17) is 11.6 Å². The van der Waals surface area contributed by atoms with E-state index in [9.17, 15) is 9.59 Å². The number of nitrogens with zero attached hydrogens (tertiary/aromatic N) is 2. The summed E-state index contributed by atoms with van der Waals surface area (Å²) in [6.07, 6.45) is 1.55. The fraction of sp³-hybridized carbons (Fsp3) is 0.0833. The molecule has 0 bridgehead atoms. The summed E-state index contributed by atoms with van der Waals surface area (Å²) in [5, 5.41) is 2.67. The molecule has 0 saturated heterocycles. The summed E-state index contributed by atoms with van der Waals surface area (Å²) in [7, 11) is 0. The van der Waals surface area contributed by atoms with Crippen molar-refractivity contribution in [2.45, 2.75) is 6.54 Å². The Labute approximate surface area is 116 Å². The summed E-state index contributed by atoms with van der Waals surface area (Å²) >= 11 is 7.03. The second-order valence-corrected chi connectivity index (χ2v) is 5.28. The van der Waals surface area contributed by atoms with Crippen LogP contribution >= 0.6 is 22.9 Å². The molecular formula is C12H8ClN3O2S. The molecule has 7 heteroatoms. The highest BCUT2D eigenvalue weighted by molar-refractivity contribution is 7.16. The Morgan fingerprint density at radius 3 is 2.89 bits per heavy atom. The van der Waals surface area contributed by atoms with E-state index in [1.807, 2.05) is 0 Å². The number of H-pyrrole nitrogens is 1. The highest BCUT2D eigenvalue weighted by atomic mass is 35.5. The summed E-state index contributed by atoms with van der Waals surface area (Å²) in [6, 6.07) is 5.06. The molecule has 19 heavy (non-hydrogen) atoms. The third-order valence-electron chi connectivity index (χ3n) is 2.74. The number of aromatic nitrogens is 3. The Hall–Kier alpha value is -1.92. The lowest BCUT2D eigenvalue weighted by Crippen LogP contribution is -2.34. The normalized spacial score (nSPS) is 11.0. The van der Waals surface area contributed by atoms with Crippen molar-refractivity contribution in [3.8, 4) is 0 Å². The molecule has 0 fully saturated rings. The molecule has 0 saturated carbocycles. The van der Waals surface area contributed by atoms with E-state index in [1.54, 1.807) is 29.8 Å². The molecule has 0 aromatic carbocycles. The maximum Gasteiger partial charge on any atom is 0.329 e. The zero-order chi connectivity index (χ0) is 13.4. The Balaban J connectivity index is 2.12. The molecule has 3 aromatic heterocycles. The summed E-state index contributed by atoms with van der Waals surface area (Å²) in [4.78, 5) is 31.3. The Morgan fingerprint density at radius 2 is 2.16 bits per heavy atom. The molecule has 5 nitrogen and oxygen atoms in total. The van der Waals surface area contributed by atoms with Gasteiger partial charge >= 0.3 is 5.69 Å². The molecule has 0 spiro atoms. The molecule has 0 radical (unpaired) electrons. The van der Waals surface area contributed by atoms with Gasteiger partial charge in [0.2, 0.25) is 0 Å². The van der Waals surface area contributed by atoms with E-state index < -0.39 is 5.69 Å². The first-order valence-electron chi connectivity index (χ1n) is 5.46. The molecule has 3 rings (SSSR count). The van der Waals surface area contributed by atoms with Gasteiger partial charge in [-0.2, -0.15) is 0 Å². The topological polar surface area (TPSA) is 67.8 Å². The van der Waals surface area contributed by atoms with Crippen molar-refractivity contribution in [1.82, 2.24) is 14.5 Å². The summed E-state index contributed by atoms with van der Waals surface area (Å²) in [5.74, 6) is 0. The minimum absolute atomic E-state index is 0.171. The first-order chi connectivity index (χ1) is 9.15. The van der Waals surface area contributed by atoms with Crippen LogP contribution in [0.25, 0.3) is 10.2 Å². The first kappa shape index (κ1) is 12.1. The first-order valence-corrected chi connectivity index (χ1v) is 6.71. The van der Waals surface area contributed by atoms with Gasteiger partial charge in [0.05, 0.1) is 11.9 Å². The van der Waals surface area contributed by atoms with Gasteiger partial charge in [-0.3, -0.25) is 14.3 Å². The zero-order valence-electron chi connectivity index (χ0n) is 9.59. The van der Waals surface area contributed by atoms with Gasteiger partial charge in [0, 0.05) is 6.20 Å². The molecule has 0 amide bonds. The summed E-state index contributed by atoms with van der Waals surface area (Å²) < 4.78 is 1.15. The van der Waals surface area contributed by atoms with Crippen molar-refractivity contribution >= 4 is 33.2 Å². The number of aromatic amines is 1. The fourth-order valence-corrected chi connectivity index (χ4v) is 2.68. The van der Waals surface area contributed by atoms with Crippen molar-refractivity contribution in [2.24, 2.45) is 0 Å². The second-order valence-electron chi connectivity index (χ2n) is 3.97. The minimum Gasteiger partial charge on any atom is -0.298 e. The molecule has 0 atom stereocenters. The van der Waals surface area contributed by atoms with Crippen LogP contribution in [0, 0.1) is 0 Å². The summed E-state index contributed by atoms with van der Waals surface area (Å²) in [5.41, 5.74) is 0.0245. The van der Waals surface area contributed by atoms with Crippen LogP contribution in [0.15, 0.2) is 39.4 Å². The van der Waals surface area contributed by atoms with Gasteiger partial charge in [-0.25, -0.2) is 9.78 Å². The van der Waals surface area contributed by atoms with Crippen molar-refractivity contribution in [2.75, 3.05) is 0 Å². The monoisotopic (exact) mass is 293 g/mol. The van der Waals surface area contributed by atoms with Crippen LogP contribution < -0.4 is 11.2 Å². The number of rotatable bonds is 2. The van der Waals surface area contributed by atoms with Crippen LogP contribution in [-0.2, 0) is 6.54 Å². The van der Waals surface area contributed by atoms with Gasteiger partial charge in [-0.15, -0.1) is 11.3 Å². The Bertz CT molecular complexity index is 848. The number of thiophene rings is 1. The van der Waals surface area contributed by atoms with Crippen molar-refractivity contribution in [1.29, 1.82) is 0 Å². The smallest absolute Gasteiger partial charge is 0.298 e. The predicted molar refractivity (Wildman–Crippen MR) is 75.1 cm³/mol. The van der Waals surface area contributed by atoms with E-state index in [0.29, 0.717) is 15.4 Å². The van der Waals surface area contributed by atoms with E-state index in [1.165, 1.54) is 11.3 Å². The maximum absolute atomic E-state index is 12.2. The van der Waals surface area contributed by atoms with Gasteiger partial charge in [-0.05, 0) is 23.1 Å². The number of halogens is 1. The number of pyridine rings is 1. The number of fused-ring (bicyclic) bond motifs is 1. The van der Waals surface area contributed by atoms with E-state index in [0.717, 1.165) is 10.1 Å². The highest BCUT2D eigenvalue weighted by Gasteiger charge is 2.08. The Morgan fingerprint density at radius 1 is 1.32 bits per heavy atom. The molecule has 0 aliphatic rings. The van der Waals surface area contributed by atoms with Crippen LogP contribution in [0.3, 0.4) is 0 Å². The molecule has 0 aliphatic carbocycles. The number of hydrogen-bond acceptors (Lipinski definition) is 4. The van der Waals surface area contributed by atoms with Gasteiger partial charge in [0.25, 0.3) is 5.56 Å². The third kappa shape index (κ3) is 2.20. The SMILES string of the molecule is O=c1[nH]c2sccc2c(=O)n1Cc1ccc(Cl)nc1. The molecule has 0 unspecified atom stereocenters. The van der Waals surface area contributed by atoms with Crippen LogP contribution in [0.2, 0.25) is 5.15 Å². The largest absolute Gasteiger partial charge is 0.329 e. The zero-order valence-corrected chi connectivity index (χ0v) is 11.2. The van der Waals surface area contributed by atoms with Gasteiger partial charge < -0.3 is 0 Å². The average Bonchev–Trinajstić information content (AvgIpc) is 2.85. The van der Waals surface area contributed by atoms with Crippen LogP contribution in [-0.4, -0.2) is 14.5 Å². The van der Waals surface area contributed by atoms with Gasteiger partial charge in [0.1, 0.15) is 9.98 Å². The lowest BCUT2D eigenvalue weighted by atomic mass is 10.3. The van der Waals surface area contributed by atoms with E-state index >= 15 is 0 Å². The van der Waals surface area contributed by atoms with Crippen LogP contribution in [0.5, 0.6) is 0 Å². The molecule has 0 aliphatic heterocycles. The lowest BCUT2D eigenvalue weighted by molar-refractivity contribution is 0.710. The Kier molecular flexibility index (Phi) is 2.96. The fourth-order valence-electron chi connectivity index (χ4n) is 1.80. The van der Waals surface area contributed by atoms with E-state index in [-0.39, 0.29) is 12.1 Å². The average molecular weight is 294 g/mol. The molecule has 3 heterocycles. The lowest BCUT2D eigenvalue weighted by Gasteiger charge is -2.04. The molecule has 96 valence electrons. The number of hydrogen-bond donors (Lipinski definition) is 1. The molecule has 3 aromatic rings. The van der Waals surface area contributed by atoms with Gasteiger partial charge in [0.15, 0.2) is 0 Å². The summed E-state index contributed by atoms with van der Waals surface area (Å²) in [6.45, 7) is 0.171. The maximum atomic E-state index is 12.2.